The Labute approximate surface area is 149 Å². The fourth-order valence-electron chi connectivity index (χ4n) is 3.98. The quantitative estimate of drug-likeness (QED) is 0.826. The van der Waals surface area contributed by atoms with Gasteiger partial charge in [-0.2, -0.15) is 0 Å². The zero-order valence-electron chi connectivity index (χ0n) is 15.3. The van der Waals surface area contributed by atoms with Crippen molar-refractivity contribution in [2.75, 3.05) is 33.7 Å². The molecule has 1 unspecified atom stereocenters. The highest BCUT2D eigenvalue weighted by molar-refractivity contribution is 5.80. The van der Waals surface area contributed by atoms with Crippen LogP contribution in [0.25, 0.3) is 0 Å². The number of rotatable bonds is 2. The van der Waals surface area contributed by atoms with Gasteiger partial charge < -0.3 is 19.1 Å². The van der Waals surface area contributed by atoms with E-state index < -0.39 is 0 Å². The lowest BCUT2D eigenvalue weighted by Gasteiger charge is -2.37. The predicted molar refractivity (Wildman–Crippen MR) is 95.0 cm³/mol. The zero-order valence-corrected chi connectivity index (χ0v) is 15.3. The van der Waals surface area contributed by atoms with Crippen molar-refractivity contribution in [1.82, 2.24) is 14.7 Å². The van der Waals surface area contributed by atoms with Gasteiger partial charge in [-0.05, 0) is 37.8 Å². The van der Waals surface area contributed by atoms with Gasteiger partial charge in [-0.3, -0.25) is 4.79 Å². The molecule has 0 spiro atoms. The molecule has 1 atom stereocenters. The number of piperidine rings is 1. The fourth-order valence-corrected chi connectivity index (χ4v) is 3.98. The summed E-state index contributed by atoms with van der Waals surface area (Å²) >= 11 is 0. The van der Waals surface area contributed by atoms with E-state index >= 15 is 0 Å². The number of furan rings is 1. The van der Waals surface area contributed by atoms with Gasteiger partial charge >= 0.3 is 6.03 Å². The first-order valence-electron chi connectivity index (χ1n) is 9.38. The normalized spacial score (nSPS) is 22.6. The molecule has 0 bridgehead atoms. The van der Waals surface area contributed by atoms with Gasteiger partial charge in [0, 0.05) is 39.6 Å². The molecule has 3 heterocycles. The molecule has 0 saturated carbocycles. The lowest BCUT2D eigenvalue weighted by molar-refractivity contribution is -0.139. The van der Waals surface area contributed by atoms with Crippen molar-refractivity contribution < 1.29 is 14.0 Å². The average molecular weight is 347 g/mol. The van der Waals surface area contributed by atoms with E-state index in [-0.39, 0.29) is 23.9 Å². The topological polar surface area (TPSA) is 57.0 Å². The maximum atomic E-state index is 13.2. The first kappa shape index (κ1) is 17.8. The molecule has 0 N–H and O–H groups in total. The monoisotopic (exact) mass is 347 g/mol. The van der Waals surface area contributed by atoms with Crippen molar-refractivity contribution >= 4 is 11.9 Å². The molecule has 2 aliphatic rings. The van der Waals surface area contributed by atoms with Gasteiger partial charge in [-0.1, -0.05) is 12.8 Å². The van der Waals surface area contributed by atoms with Crippen LogP contribution in [0.3, 0.4) is 0 Å². The minimum absolute atomic E-state index is 0.0155. The van der Waals surface area contributed by atoms with Crippen LogP contribution in [0.5, 0.6) is 0 Å². The second-order valence-corrected chi connectivity index (χ2v) is 7.35. The van der Waals surface area contributed by atoms with Crippen LogP contribution in [0, 0.1) is 5.92 Å². The van der Waals surface area contributed by atoms with Gasteiger partial charge in [0.2, 0.25) is 5.91 Å². The Hall–Kier alpha value is -1.98. The smallest absolute Gasteiger partial charge is 0.319 e. The van der Waals surface area contributed by atoms with Crippen molar-refractivity contribution in [2.24, 2.45) is 5.92 Å². The van der Waals surface area contributed by atoms with Gasteiger partial charge in [-0.25, -0.2) is 4.79 Å². The minimum Gasteiger partial charge on any atom is -0.467 e. The number of nitrogens with zero attached hydrogens (tertiary/aromatic N) is 3. The molecule has 0 radical (unpaired) electrons. The van der Waals surface area contributed by atoms with Gasteiger partial charge in [-0.15, -0.1) is 0 Å². The van der Waals surface area contributed by atoms with E-state index in [0.717, 1.165) is 50.8 Å². The highest BCUT2D eigenvalue weighted by Crippen LogP contribution is 2.33. The lowest BCUT2D eigenvalue weighted by Crippen LogP contribution is -2.47. The lowest BCUT2D eigenvalue weighted by atomic mass is 9.94. The minimum atomic E-state index is 0.0155. The van der Waals surface area contributed by atoms with Crippen molar-refractivity contribution in [3.8, 4) is 0 Å². The first-order chi connectivity index (χ1) is 12.1. The van der Waals surface area contributed by atoms with E-state index in [1.807, 2.05) is 21.9 Å². The summed E-state index contributed by atoms with van der Waals surface area (Å²) in [5.74, 6) is 1.15. The summed E-state index contributed by atoms with van der Waals surface area (Å²) in [6.07, 6.45) is 7.51. The Bertz CT molecular complexity index is 577. The molecule has 1 aromatic heterocycles. The molecule has 3 amide bonds. The number of carbonyl (C=O) groups is 2. The second kappa shape index (κ2) is 7.93. The van der Waals surface area contributed by atoms with Crippen molar-refractivity contribution in [2.45, 2.75) is 44.6 Å². The molecule has 0 aromatic carbocycles. The third-order valence-corrected chi connectivity index (χ3v) is 5.40. The van der Waals surface area contributed by atoms with Crippen LogP contribution in [0.2, 0.25) is 0 Å². The first-order valence-corrected chi connectivity index (χ1v) is 9.38. The van der Waals surface area contributed by atoms with E-state index in [4.69, 9.17) is 4.42 Å². The van der Waals surface area contributed by atoms with Gasteiger partial charge in [0.15, 0.2) is 0 Å². The Balaban J connectivity index is 1.66. The summed E-state index contributed by atoms with van der Waals surface area (Å²) in [6, 6.07) is 3.98. The predicted octanol–water partition coefficient (Wildman–Crippen LogP) is 3.12. The molecule has 2 aliphatic heterocycles. The summed E-state index contributed by atoms with van der Waals surface area (Å²) in [5.41, 5.74) is 0. The average Bonchev–Trinajstić information content (AvgIpc) is 3.05. The highest BCUT2D eigenvalue weighted by Gasteiger charge is 2.35. The highest BCUT2D eigenvalue weighted by atomic mass is 16.3. The number of hydrogen-bond acceptors (Lipinski definition) is 3. The molecule has 25 heavy (non-hydrogen) atoms. The fraction of sp³-hybridized carbons (Fsp3) is 0.684. The van der Waals surface area contributed by atoms with E-state index in [1.165, 1.54) is 0 Å². The number of urea groups is 1. The Morgan fingerprint density at radius 1 is 1.08 bits per heavy atom. The summed E-state index contributed by atoms with van der Waals surface area (Å²) in [5, 5.41) is 0. The Morgan fingerprint density at radius 3 is 2.48 bits per heavy atom. The van der Waals surface area contributed by atoms with Crippen LogP contribution in [0.1, 0.15) is 50.3 Å². The Kier molecular flexibility index (Phi) is 5.66. The van der Waals surface area contributed by atoms with Crippen LogP contribution in [-0.4, -0.2) is 60.4 Å². The summed E-state index contributed by atoms with van der Waals surface area (Å²) in [7, 11) is 3.54. The molecule has 6 nitrogen and oxygen atoms in total. The van der Waals surface area contributed by atoms with Crippen molar-refractivity contribution in [1.29, 1.82) is 0 Å². The summed E-state index contributed by atoms with van der Waals surface area (Å²) in [6.45, 7) is 2.13. The summed E-state index contributed by atoms with van der Waals surface area (Å²) < 4.78 is 5.62. The Morgan fingerprint density at radius 2 is 1.84 bits per heavy atom. The number of likely N-dealkylation sites (tertiary alicyclic amines) is 2. The van der Waals surface area contributed by atoms with Gasteiger partial charge in [0.1, 0.15) is 5.76 Å². The third-order valence-electron chi connectivity index (χ3n) is 5.40. The molecule has 3 rings (SSSR count). The molecule has 1 aromatic rings. The van der Waals surface area contributed by atoms with Gasteiger partial charge in [0.25, 0.3) is 0 Å². The number of carbonyl (C=O) groups excluding carboxylic acids is 2. The van der Waals surface area contributed by atoms with E-state index in [9.17, 15) is 9.59 Å². The zero-order chi connectivity index (χ0) is 17.8. The molecule has 6 heteroatoms. The van der Waals surface area contributed by atoms with Gasteiger partial charge in [0.05, 0.1) is 12.3 Å². The van der Waals surface area contributed by atoms with Crippen LogP contribution in [-0.2, 0) is 4.79 Å². The molecular formula is C19H29N3O3. The molecular weight excluding hydrogens is 318 g/mol. The standard InChI is InChI=1S/C19H29N3O3/c1-20(2)19(24)21-12-9-15(10-13-21)18(23)22-11-5-3-4-7-16(22)17-8-6-14-25-17/h6,8,14-16H,3-5,7,9-13H2,1-2H3. The maximum Gasteiger partial charge on any atom is 0.319 e. The van der Waals surface area contributed by atoms with Crippen molar-refractivity contribution in [3.63, 3.8) is 0 Å². The van der Waals surface area contributed by atoms with Crippen LogP contribution >= 0.6 is 0 Å². The van der Waals surface area contributed by atoms with Crippen LogP contribution in [0.4, 0.5) is 4.79 Å². The SMILES string of the molecule is CN(C)C(=O)N1CCC(C(=O)N2CCCCCC2c2ccco2)CC1. The van der Waals surface area contributed by atoms with Crippen LogP contribution < -0.4 is 0 Å². The number of amides is 3. The van der Waals surface area contributed by atoms with E-state index in [1.54, 1.807) is 25.3 Å². The second-order valence-electron chi connectivity index (χ2n) is 7.35. The molecule has 138 valence electrons. The van der Waals surface area contributed by atoms with Crippen LogP contribution in [0.15, 0.2) is 22.8 Å². The number of hydrogen-bond donors (Lipinski definition) is 0. The molecule has 2 fully saturated rings. The van der Waals surface area contributed by atoms with E-state index in [2.05, 4.69) is 0 Å². The largest absolute Gasteiger partial charge is 0.467 e. The maximum absolute atomic E-state index is 13.2. The molecule has 0 aliphatic carbocycles. The molecule has 2 saturated heterocycles. The van der Waals surface area contributed by atoms with Crippen molar-refractivity contribution in [3.05, 3.63) is 24.2 Å². The van der Waals surface area contributed by atoms with E-state index in [0.29, 0.717) is 13.1 Å². The third kappa shape index (κ3) is 3.99. The summed E-state index contributed by atoms with van der Waals surface area (Å²) in [4.78, 5) is 30.8.